The lowest BCUT2D eigenvalue weighted by Crippen LogP contribution is -2.49. The summed E-state index contributed by atoms with van der Waals surface area (Å²) in [7, 11) is 0. The Balaban J connectivity index is 1.33. The molecule has 2 saturated heterocycles. The minimum Gasteiger partial charge on any atom is -0.360 e. The van der Waals surface area contributed by atoms with Gasteiger partial charge in [-0.25, -0.2) is 4.90 Å². The van der Waals surface area contributed by atoms with E-state index in [0.717, 1.165) is 15.7 Å². The SMILES string of the molecule is Cc1ccc(N2C(=O)[C@H]3[C@H]4C=C[C@@](CNC(=S)Nc5ccc(Br)cc5)(O4)[C@H]3C2=O)cc1. The molecular weight excluding hydrogens is 478 g/mol. The number of carbonyl (C=O) groups excluding carboxylic acids is 2. The number of nitrogens with zero attached hydrogens (tertiary/aromatic N) is 1. The van der Waals surface area contributed by atoms with Crippen molar-refractivity contribution in [2.45, 2.75) is 18.6 Å². The van der Waals surface area contributed by atoms with Crippen molar-refractivity contribution in [3.8, 4) is 0 Å². The predicted octanol–water partition coefficient (Wildman–Crippen LogP) is 3.56. The molecule has 2 N–H and O–H groups in total. The summed E-state index contributed by atoms with van der Waals surface area (Å²) in [6, 6.07) is 15.1. The molecule has 0 aromatic heterocycles. The number of nitrogens with one attached hydrogen (secondary N) is 2. The van der Waals surface area contributed by atoms with Crippen molar-refractivity contribution in [1.82, 2.24) is 5.32 Å². The monoisotopic (exact) mass is 497 g/mol. The summed E-state index contributed by atoms with van der Waals surface area (Å²) >= 11 is 8.83. The molecule has 2 amide bonds. The first-order chi connectivity index (χ1) is 14.9. The average molecular weight is 498 g/mol. The molecule has 31 heavy (non-hydrogen) atoms. The summed E-state index contributed by atoms with van der Waals surface area (Å²) in [4.78, 5) is 27.8. The first-order valence-electron chi connectivity index (χ1n) is 10.00. The van der Waals surface area contributed by atoms with E-state index in [1.54, 1.807) is 0 Å². The van der Waals surface area contributed by atoms with Gasteiger partial charge in [0.1, 0.15) is 5.60 Å². The summed E-state index contributed by atoms with van der Waals surface area (Å²) in [5, 5.41) is 6.72. The van der Waals surface area contributed by atoms with E-state index in [1.165, 1.54) is 4.90 Å². The second-order valence-corrected chi connectivity index (χ2v) is 9.39. The first kappa shape index (κ1) is 20.4. The Labute approximate surface area is 193 Å². The van der Waals surface area contributed by atoms with Crippen molar-refractivity contribution in [2.24, 2.45) is 11.8 Å². The number of thiocarbonyl (C=S) groups is 1. The van der Waals surface area contributed by atoms with E-state index in [0.29, 0.717) is 17.3 Å². The molecule has 4 atom stereocenters. The van der Waals surface area contributed by atoms with E-state index in [2.05, 4.69) is 26.6 Å². The number of fused-ring (bicyclic) bond motifs is 5. The van der Waals surface area contributed by atoms with Gasteiger partial charge in [0.15, 0.2) is 5.11 Å². The van der Waals surface area contributed by atoms with Gasteiger partial charge in [0.2, 0.25) is 11.8 Å². The van der Waals surface area contributed by atoms with Crippen LogP contribution in [-0.2, 0) is 14.3 Å². The number of amides is 2. The van der Waals surface area contributed by atoms with E-state index < -0.39 is 23.5 Å². The zero-order valence-electron chi connectivity index (χ0n) is 16.7. The minimum absolute atomic E-state index is 0.203. The number of carbonyl (C=O) groups is 2. The maximum Gasteiger partial charge on any atom is 0.241 e. The van der Waals surface area contributed by atoms with Gasteiger partial charge in [-0.15, -0.1) is 0 Å². The molecule has 0 aliphatic carbocycles. The molecule has 0 spiro atoms. The van der Waals surface area contributed by atoms with Crippen LogP contribution in [0.15, 0.2) is 65.2 Å². The molecule has 0 unspecified atom stereocenters. The third-order valence-electron chi connectivity index (χ3n) is 6.07. The van der Waals surface area contributed by atoms with Gasteiger partial charge in [0.05, 0.1) is 30.2 Å². The fourth-order valence-electron chi connectivity index (χ4n) is 4.58. The number of benzene rings is 2. The molecule has 0 radical (unpaired) electrons. The molecule has 0 saturated carbocycles. The highest BCUT2D eigenvalue weighted by Crippen LogP contribution is 2.52. The minimum atomic E-state index is -0.896. The molecule has 3 aliphatic heterocycles. The highest BCUT2D eigenvalue weighted by atomic mass is 79.9. The molecule has 6 nitrogen and oxygen atoms in total. The highest BCUT2D eigenvalue weighted by molar-refractivity contribution is 9.10. The topological polar surface area (TPSA) is 70.7 Å². The summed E-state index contributed by atoms with van der Waals surface area (Å²) < 4.78 is 7.13. The van der Waals surface area contributed by atoms with Crippen LogP contribution in [0.3, 0.4) is 0 Å². The summed E-state index contributed by atoms with van der Waals surface area (Å²) in [5.74, 6) is -1.50. The summed E-state index contributed by atoms with van der Waals surface area (Å²) in [6.07, 6.45) is 3.39. The Morgan fingerprint density at radius 1 is 1.13 bits per heavy atom. The van der Waals surface area contributed by atoms with Gasteiger partial charge in [0.25, 0.3) is 0 Å². The van der Waals surface area contributed by atoms with Crippen LogP contribution < -0.4 is 15.5 Å². The summed E-state index contributed by atoms with van der Waals surface area (Å²) in [5.41, 5.74) is 1.62. The maximum atomic E-state index is 13.4. The Hall–Kier alpha value is -2.55. The lowest BCUT2D eigenvalue weighted by atomic mass is 9.77. The van der Waals surface area contributed by atoms with E-state index in [4.69, 9.17) is 17.0 Å². The quantitative estimate of drug-likeness (QED) is 0.382. The lowest BCUT2D eigenvalue weighted by Gasteiger charge is -2.29. The number of hydrogen-bond acceptors (Lipinski definition) is 4. The molecule has 2 bridgehead atoms. The van der Waals surface area contributed by atoms with E-state index in [9.17, 15) is 9.59 Å². The fourth-order valence-corrected chi connectivity index (χ4v) is 5.04. The van der Waals surface area contributed by atoms with Crippen LogP contribution >= 0.6 is 28.1 Å². The van der Waals surface area contributed by atoms with Crippen molar-refractivity contribution in [3.05, 3.63) is 70.7 Å². The third kappa shape index (κ3) is 3.39. The Kier molecular flexibility index (Phi) is 4.96. The predicted molar refractivity (Wildman–Crippen MR) is 126 cm³/mol. The Bertz CT molecular complexity index is 1100. The number of imide groups is 1. The molecule has 158 valence electrons. The molecule has 3 heterocycles. The number of anilines is 2. The van der Waals surface area contributed by atoms with E-state index in [1.807, 2.05) is 67.6 Å². The van der Waals surface area contributed by atoms with Crippen molar-refractivity contribution >= 4 is 56.4 Å². The molecule has 8 heteroatoms. The van der Waals surface area contributed by atoms with Gasteiger partial charge in [-0.1, -0.05) is 45.8 Å². The zero-order valence-corrected chi connectivity index (χ0v) is 19.1. The standard InChI is InChI=1S/C23H20BrN3O3S/c1-13-2-8-16(9-3-13)27-20(28)18-17-10-11-23(30-17,19(18)21(27)29)12-25-22(31)26-15-6-4-14(24)5-7-15/h2-11,17-19H,12H2,1H3,(H2,25,26,31)/t17-,18+,19-,23+/m1/s1. The molecular formula is C23H20BrN3O3S. The van der Waals surface area contributed by atoms with E-state index >= 15 is 0 Å². The van der Waals surface area contributed by atoms with Crippen molar-refractivity contribution in [3.63, 3.8) is 0 Å². The average Bonchev–Trinajstić information content (AvgIpc) is 3.40. The van der Waals surface area contributed by atoms with Crippen LogP contribution in [0.2, 0.25) is 0 Å². The van der Waals surface area contributed by atoms with Gasteiger partial charge < -0.3 is 15.4 Å². The van der Waals surface area contributed by atoms with Crippen LogP contribution in [0.25, 0.3) is 0 Å². The largest absolute Gasteiger partial charge is 0.360 e. The normalized spacial score (nSPS) is 28.2. The van der Waals surface area contributed by atoms with Crippen molar-refractivity contribution in [2.75, 3.05) is 16.8 Å². The first-order valence-corrected chi connectivity index (χ1v) is 11.2. The van der Waals surface area contributed by atoms with Crippen LogP contribution in [-0.4, -0.2) is 35.2 Å². The molecule has 2 aromatic carbocycles. The molecule has 2 aromatic rings. The number of ether oxygens (including phenoxy) is 1. The zero-order chi connectivity index (χ0) is 21.8. The van der Waals surface area contributed by atoms with Gasteiger partial charge in [-0.2, -0.15) is 0 Å². The number of rotatable bonds is 4. The van der Waals surface area contributed by atoms with Gasteiger partial charge in [-0.3, -0.25) is 9.59 Å². The van der Waals surface area contributed by atoms with Crippen LogP contribution in [0.1, 0.15) is 5.56 Å². The Morgan fingerprint density at radius 2 is 1.84 bits per heavy atom. The fraction of sp³-hybridized carbons (Fsp3) is 0.261. The third-order valence-corrected chi connectivity index (χ3v) is 6.85. The molecule has 2 fully saturated rings. The van der Waals surface area contributed by atoms with Crippen LogP contribution in [0.4, 0.5) is 11.4 Å². The second-order valence-electron chi connectivity index (χ2n) is 8.06. The van der Waals surface area contributed by atoms with Gasteiger partial charge in [0, 0.05) is 10.2 Å². The molecule has 5 rings (SSSR count). The second kappa shape index (κ2) is 7.55. The summed E-state index contributed by atoms with van der Waals surface area (Å²) in [6.45, 7) is 2.26. The number of hydrogen-bond donors (Lipinski definition) is 2. The van der Waals surface area contributed by atoms with Crippen LogP contribution in [0.5, 0.6) is 0 Å². The Morgan fingerprint density at radius 3 is 2.55 bits per heavy atom. The van der Waals surface area contributed by atoms with Gasteiger partial charge >= 0.3 is 0 Å². The smallest absolute Gasteiger partial charge is 0.241 e. The maximum absolute atomic E-state index is 13.4. The van der Waals surface area contributed by atoms with Crippen molar-refractivity contribution < 1.29 is 14.3 Å². The van der Waals surface area contributed by atoms with Crippen LogP contribution in [0, 0.1) is 18.8 Å². The number of halogens is 1. The van der Waals surface area contributed by atoms with E-state index in [-0.39, 0.29) is 11.8 Å². The number of aryl methyl sites for hydroxylation is 1. The van der Waals surface area contributed by atoms with Gasteiger partial charge in [-0.05, 0) is 55.5 Å². The highest BCUT2D eigenvalue weighted by Gasteiger charge is 2.67. The molecule has 3 aliphatic rings. The van der Waals surface area contributed by atoms with Crippen molar-refractivity contribution in [1.29, 1.82) is 0 Å². The lowest BCUT2D eigenvalue weighted by molar-refractivity contribution is -0.126.